The van der Waals surface area contributed by atoms with Crippen molar-refractivity contribution in [1.82, 2.24) is 14.8 Å². The minimum absolute atomic E-state index is 0.0311. The fourth-order valence-corrected chi connectivity index (χ4v) is 3.33. The van der Waals surface area contributed by atoms with Crippen LogP contribution in [0.4, 0.5) is 0 Å². The number of hydrogen-bond donors (Lipinski definition) is 1. The van der Waals surface area contributed by atoms with Crippen molar-refractivity contribution >= 4 is 23.6 Å². The van der Waals surface area contributed by atoms with E-state index < -0.39 is 5.97 Å². The van der Waals surface area contributed by atoms with Crippen LogP contribution >= 0.6 is 0 Å². The predicted octanol–water partition coefficient (Wildman–Crippen LogP) is 1.18. The highest BCUT2D eigenvalue weighted by Gasteiger charge is 2.28. The number of esters is 1. The van der Waals surface area contributed by atoms with Crippen LogP contribution in [0.1, 0.15) is 52.9 Å². The molecule has 2 amide bonds. The first kappa shape index (κ1) is 20.7. The number of aromatic nitrogens is 1. The first-order valence-corrected chi connectivity index (χ1v) is 9.04. The molecule has 0 spiro atoms. The molecule has 8 heteroatoms. The van der Waals surface area contributed by atoms with Crippen LogP contribution in [0.15, 0.2) is 0 Å². The molecular weight excluding hydrogens is 350 g/mol. The second kappa shape index (κ2) is 8.37. The molecule has 2 rings (SSSR count). The zero-order valence-electron chi connectivity index (χ0n) is 16.5. The normalized spacial score (nSPS) is 14.4. The summed E-state index contributed by atoms with van der Waals surface area (Å²) in [4.78, 5) is 55.0. The Hall–Kier alpha value is -2.64. The number of rotatable bonds is 5. The van der Waals surface area contributed by atoms with Crippen LogP contribution in [-0.2, 0) is 20.7 Å². The van der Waals surface area contributed by atoms with E-state index in [-0.39, 0.29) is 35.5 Å². The van der Waals surface area contributed by atoms with E-state index in [2.05, 4.69) is 4.98 Å². The van der Waals surface area contributed by atoms with E-state index in [4.69, 9.17) is 4.74 Å². The van der Waals surface area contributed by atoms with Gasteiger partial charge in [-0.3, -0.25) is 14.4 Å². The number of hydrogen-bond acceptors (Lipinski definition) is 5. The molecule has 8 nitrogen and oxygen atoms in total. The number of Topliss-reactive ketones (excluding diaryl/α,β-unsaturated/α-hetero) is 1. The summed E-state index contributed by atoms with van der Waals surface area (Å²) in [7, 11) is 1.26. The van der Waals surface area contributed by atoms with E-state index in [1.54, 1.807) is 16.7 Å². The molecule has 0 radical (unpaired) electrons. The number of amides is 2. The quantitative estimate of drug-likeness (QED) is 0.614. The number of nitrogens with zero attached hydrogens (tertiary/aromatic N) is 2. The molecular formula is C19H27N3O5. The molecule has 1 aliphatic rings. The highest BCUT2D eigenvalue weighted by Crippen LogP contribution is 2.21. The third-order valence-corrected chi connectivity index (χ3v) is 4.84. The van der Waals surface area contributed by atoms with Crippen molar-refractivity contribution in [3.63, 3.8) is 0 Å². The van der Waals surface area contributed by atoms with Crippen LogP contribution in [-0.4, -0.2) is 71.6 Å². The van der Waals surface area contributed by atoms with Crippen molar-refractivity contribution in [2.45, 2.75) is 34.1 Å². The maximum absolute atomic E-state index is 12.7. The zero-order chi connectivity index (χ0) is 20.3. The smallest absolute Gasteiger partial charge is 0.339 e. The zero-order valence-corrected chi connectivity index (χ0v) is 16.5. The molecule has 0 bridgehead atoms. The van der Waals surface area contributed by atoms with E-state index in [1.807, 2.05) is 13.8 Å². The Morgan fingerprint density at radius 2 is 1.63 bits per heavy atom. The fourth-order valence-electron chi connectivity index (χ4n) is 3.33. The van der Waals surface area contributed by atoms with Gasteiger partial charge in [0.15, 0.2) is 5.78 Å². The van der Waals surface area contributed by atoms with E-state index in [0.29, 0.717) is 43.1 Å². The molecule has 0 aromatic carbocycles. The summed E-state index contributed by atoms with van der Waals surface area (Å²) in [6.45, 7) is 8.65. The number of methoxy groups -OCH3 is 1. The number of ether oxygens (including phenoxy) is 1. The van der Waals surface area contributed by atoms with Gasteiger partial charge in [0.2, 0.25) is 11.8 Å². The van der Waals surface area contributed by atoms with Gasteiger partial charge in [-0.05, 0) is 12.5 Å². The van der Waals surface area contributed by atoms with E-state index in [9.17, 15) is 19.2 Å². The molecule has 1 fully saturated rings. The SMILES string of the molecule is COC(=O)c1c(CC(=O)N2CCN(C(=O)C(C)C)CC2)[nH]c(C(C)=O)c1C. The van der Waals surface area contributed by atoms with Crippen LogP contribution in [0.25, 0.3) is 0 Å². The number of ketones is 1. The average Bonchev–Trinajstić information content (AvgIpc) is 2.96. The molecule has 1 N–H and O–H groups in total. The van der Waals surface area contributed by atoms with E-state index in [0.717, 1.165) is 0 Å². The average molecular weight is 377 g/mol. The van der Waals surface area contributed by atoms with E-state index >= 15 is 0 Å². The van der Waals surface area contributed by atoms with Gasteiger partial charge in [-0.15, -0.1) is 0 Å². The molecule has 0 saturated carbocycles. The number of H-pyrrole nitrogens is 1. The van der Waals surface area contributed by atoms with Crippen molar-refractivity contribution in [2.24, 2.45) is 5.92 Å². The standard InChI is InChI=1S/C19H27N3O5/c1-11(2)18(25)22-8-6-21(7-9-22)15(24)10-14-16(19(26)27-5)12(3)17(20-14)13(4)23/h11,20H,6-10H2,1-5H3. The molecule has 1 aromatic rings. The van der Waals surface area contributed by atoms with Gasteiger partial charge in [-0.1, -0.05) is 13.8 Å². The van der Waals surface area contributed by atoms with Crippen LogP contribution in [0.3, 0.4) is 0 Å². The van der Waals surface area contributed by atoms with Gasteiger partial charge >= 0.3 is 5.97 Å². The molecule has 2 heterocycles. The summed E-state index contributed by atoms with van der Waals surface area (Å²) in [5.74, 6) is -0.931. The molecule has 0 unspecified atom stereocenters. The molecule has 0 atom stereocenters. The Kier molecular flexibility index (Phi) is 6.41. The molecule has 148 valence electrons. The Bertz CT molecular complexity index is 758. The van der Waals surface area contributed by atoms with Gasteiger partial charge in [0, 0.05) is 44.7 Å². The van der Waals surface area contributed by atoms with Crippen LogP contribution < -0.4 is 0 Å². The predicted molar refractivity (Wildman–Crippen MR) is 98.6 cm³/mol. The number of carbonyl (C=O) groups excluding carboxylic acids is 4. The fraction of sp³-hybridized carbons (Fsp3) is 0.579. The Morgan fingerprint density at radius 1 is 1.07 bits per heavy atom. The minimum atomic E-state index is -0.577. The third kappa shape index (κ3) is 4.37. The van der Waals surface area contributed by atoms with Gasteiger partial charge in [-0.25, -0.2) is 4.79 Å². The third-order valence-electron chi connectivity index (χ3n) is 4.84. The molecule has 27 heavy (non-hydrogen) atoms. The first-order valence-electron chi connectivity index (χ1n) is 9.04. The van der Waals surface area contributed by atoms with Gasteiger partial charge in [0.25, 0.3) is 0 Å². The second-order valence-electron chi connectivity index (χ2n) is 7.06. The van der Waals surface area contributed by atoms with Crippen molar-refractivity contribution in [3.8, 4) is 0 Å². The number of aromatic amines is 1. The van der Waals surface area contributed by atoms with Gasteiger partial charge < -0.3 is 19.5 Å². The lowest BCUT2D eigenvalue weighted by molar-refractivity contribution is -0.141. The number of nitrogens with one attached hydrogen (secondary N) is 1. The summed E-state index contributed by atoms with van der Waals surface area (Å²) in [5.41, 5.74) is 1.43. The number of carbonyl (C=O) groups is 4. The Morgan fingerprint density at radius 3 is 2.11 bits per heavy atom. The lowest BCUT2D eigenvalue weighted by atomic mass is 10.1. The van der Waals surface area contributed by atoms with Gasteiger partial charge in [0.1, 0.15) is 0 Å². The number of piperazine rings is 1. The lowest BCUT2D eigenvalue weighted by Crippen LogP contribution is -2.51. The van der Waals surface area contributed by atoms with Crippen molar-refractivity contribution in [1.29, 1.82) is 0 Å². The molecule has 1 saturated heterocycles. The summed E-state index contributed by atoms with van der Waals surface area (Å²) >= 11 is 0. The molecule has 1 aliphatic heterocycles. The van der Waals surface area contributed by atoms with Crippen LogP contribution in [0.5, 0.6) is 0 Å². The van der Waals surface area contributed by atoms with Crippen molar-refractivity contribution < 1.29 is 23.9 Å². The summed E-state index contributed by atoms with van der Waals surface area (Å²) in [5, 5.41) is 0. The second-order valence-corrected chi connectivity index (χ2v) is 7.06. The minimum Gasteiger partial charge on any atom is -0.465 e. The lowest BCUT2D eigenvalue weighted by Gasteiger charge is -2.35. The largest absolute Gasteiger partial charge is 0.465 e. The molecule has 1 aromatic heterocycles. The molecule has 0 aliphatic carbocycles. The summed E-state index contributed by atoms with van der Waals surface area (Å²) in [6.07, 6.45) is -0.0311. The first-order chi connectivity index (χ1) is 12.7. The van der Waals surface area contributed by atoms with Crippen molar-refractivity contribution in [2.75, 3.05) is 33.3 Å². The van der Waals surface area contributed by atoms with Crippen molar-refractivity contribution in [3.05, 3.63) is 22.5 Å². The summed E-state index contributed by atoms with van der Waals surface area (Å²) in [6, 6.07) is 0. The maximum Gasteiger partial charge on any atom is 0.339 e. The van der Waals surface area contributed by atoms with E-state index in [1.165, 1.54) is 14.0 Å². The highest BCUT2D eigenvalue weighted by molar-refractivity contribution is 6.01. The van der Waals surface area contributed by atoms with Crippen LogP contribution in [0, 0.1) is 12.8 Å². The van der Waals surface area contributed by atoms with Gasteiger partial charge in [0.05, 0.1) is 24.8 Å². The highest BCUT2D eigenvalue weighted by atomic mass is 16.5. The Balaban J connectivity index is 2.12. The maximum atomic E-state index is 12.7. The summed E-state index contributed by atoms with van der Waals surface area (Å²) < 4.78 is 4.80. The topological polar surface area (TPSA) is 99.8 Å². The Labute approximate surface area is 158 Å². The van der Waals surface area contributed by atoms with Crippen LogP contribution in [0.2, 0.25) is 0 Å². The van der Waals surface area contributed by atoms with Gasteiger partial charge in [-0.2, -0.15) is 0 Å². The monoisotopic (exact) mass is 377 g/mol.